The zero-order chi connectivity index (χ0) is 18.8. The molecule has 27 heavy (non-hydrogen) atoms. The number of para-hydroxylation sites is 1. The first-order chi connectivity index (χ1) is 13.2. The summed E-state index contributed by atoms with van der Waals surface area (Å²) in [6.45, 7) is 2.80. The molecular formula is C22H23N3O2. The first kappa shape index (κ1) is 17.5. The van der Waals surface area contributed by atoms with Crippen LogP contribution in [0.2, 0.25) is 0 Å². The van der Waals surface area contributed by atoms with Gasteiger partial charge in [-0.15, -0.1) is 0 Å². The van der Waals surface area contributed by atoms with E-state index in [9.17, 15) is 4.79 Å². The Balaban J connectivity index is 1.84. The Morgan fingerprint density at radius 3 is 2.89 bits per heavy atom. The highest BCUT2D eigenvalue weighted by molar-refractivity contribution is 6.15. The van der Waals surface area contributed by atoms with Crippen molar-refractivity contribution in [1.82, 2.24) is 9.97 Å². The Hall–Kier alpha value is -2.95. The van der Waals surface area contributed by atoms with E-state index in [-0.39, 0.29) is 5.91 Å². The number of rotatable bonds is 4. The predicted molar refractivity (Wildman–Crippen MR) is 107 cm³/mol. The van der Waals surface area contributed by atoms with Crippen LogP contribution in [0.15, 0.2) is 42.6 Å². The molecule has 1 aliphatic rings. The molecule has 0 radical (unpaired) electrons. The monoisotopic (exact) mass is 361 g/mol. The van der Waals surface area contributed by atoms with Gasteiger partial charge in [0.1, 0.15) is 16.8 Å². The molecule has 2 aromatic carbocycles. The van der Waals surface area contributed by atoms with Crippen LogP contribution in [0.25, 0.3) is 11.0 Å². The molecule has 0 saturated carbocycles. The first-order valence-corrected chi connectivity index (χ1v) is 9.45. The first-order valence-electron chi connectivity index (χ1n) is 9.45. The van der Waals surface area contributed by atoms with Gasteiger partial charge in [0.2, 0.25) is 0 Å². The number of methoxy groups -OCH3 is 1. The molecule has 1 aromatic heterocycles. The number of carbonyl (C=O) groups excluding carboxylic acids is 1. The second kappa shape index (κ2) is 7.35. The molecule has 1 amide bonds. The normalized spacial score (nSPS) is 13.5. The fraction of sp³-hybridized carbons (Fsp3) is 0.318. The van der Waals surface area contributed by atoms with E-state index < -0.39 is 0 Å². The molecule has 5 nitrogen and oxygen atoms in total. The number of anilines is 1. The van der Waals surface area contributed by atoms with Crippen molar-refractivity contribution in [3.05, 3.63) is 59.4 Å². The second-order valence-corrected chi connectivity index (χ2v) is 6.81. The van der Waals surface area contributed by atoms with Gasteiger partial charge in [-0.2, -0.15) is 0 Å². The van der Waals surface area contributed by atoms with Gasteiger partial charge in [-0.1, -0.05) is 31.5 Å². The maximum absolute atomic E-state index is 13.5. The lowest BCUT2D eigenvalue weighted by Crippen LogP contribution is -2.35. The number of hydrogen-bond donors (Lipinski definition) is 0. The van der Waals surface area contributed by atoms with Crippen LogP contribution in [0.5, 0.6) is 5.75 Å². The van der Waals surface area contributed by atoms with E-state index in [0.717, 1.165) is 42.6 Å². The topological polar surface area (TPSA) is 55.3 Å². The summed E-state index contributed by atoms with van der Waals surface area (Å²) < 4.78 is 5.52. The van der Waals surface area contributed by atoms with Crippen molar-refractivity contribution in [1.29, 1.82) is 0 Å². The molecule has 0 unspecified atom stereocenters. The molecule has 1 aliphatic heterocycles. The Kier molecular flexibility index (Phi) is 4.75. The van der Waals surface area contributed by atoms with Crippen molar-refractivity contribution in [3.8, 4) is 5.75 Å². The molecule has 0 fully saturated rings. The van der Waals surface area contributed by atoms with Gasteiger partial charge in [0.05, 0.1) is 18.3 Å². The Morgan fingerprint density at radius 1 is 1.22 bits per heavy atom. The molecule has 0 atom stereocenters. The van der Waals surface area contributed by atoms with Crippen LogP contribution >= 0.6 is 0 Å². The molecule has 0 aliphatic carbocycles. The lowest BCUT2D eigenvalue weighted by atomic mass is 10.00. The smallest absolute Gasteiger partial charge is 0.264 e. The van der Waals surface area contributed by atoms with Crippen LogP contribution in [-0.4, -0.2) is 29.5 Å². The lowest BCUT2D eigenvalue weighted by molar-refractivity contribution is 0.0983. The average Bonchev–Trinajstić information content (AvgIpc) is 2.72. The number of hydrogen-bond acceptors (Lipinski definition) is 4. The van der Waals surface area contributed by atoms with Crippen molar-refractivity contribution in [2.75, 3.05) is 18.6 Å². The summed E-state index contributed by atoms with van der Waals surface area (Å²) in [5, 5.41) is 0. The minimum atomic E-state index is -0.0814. The fourth-order valence-corrected chi connectivity index (χ4v) is 3.74. The minimum absolute atomic E-state index is 0.0814. The molecule has 0 saturated heterocycles. The molecule has 2 heterocycles. The Labute approximate surface area is 159 Å². The van der Waals surface area contributed by atoms with Gasteiger partial charge in [-0.25, -0.2) is 4.98 Å². The summed E-state index contributed by atoms with van der Waals surface area (Å²) in [7, 11) is 1.58. The molecule has 138 valence electrons. The molecule has 5 heteroatoms. The van der Waals surface area contributed by atoms with Gasteiger partial charge in [0, 0.05) is 18.4 Å². The van der Waals surface area contributed by atoms with E-state index in [1.807, 2.05) is 35.2 Å². The summed E-state index contributed by atoms with van der Waals surface area (Å²) in [6.07, 6.45) is 5.59. The largest absolute Gasteiger partial charge is 0.496 e. The maximum Gasteiger partial charge on any atom is 0.264 e. The van der Waals surface area contributed by atoms with Gasteiger partial charge in [0.15, 0.2) is 0 Å². The van der Waals surface area contributed by atoms with Gasteiger partial charge in [0.25, 0.3) is 5.91 Å². The summed E-state index contributed by atoms with van der Waals surface area (Å²) in [5.74, 6) is 0.454. The van der Waals surface area contributed by atoms with E-state index in [1.54, 1.807) is 13.3 Å². The highest BCUT2D eigenvalue weighted by Crippen LogP contribution is 2.32. The average molecular weight is 361 g/mol. The number of carbonyl (C=O) groups is 1. The number of aryl methyl sites for hydroxylation is 2. The van der Waals surface area contributed by atoms with E-state index in [4.69, 9.17) is 4.74 Å². The van der Waals surface area contributed by atoms with E-state index >= 15 is 0 Å². The minimum Gasteiger partial charge on any atom is -0.496 e. The van der Waals surface area contributed by atoms with Gasteiger partial charge < -0.3 is 9.64 Å². The quantitative estimate of drug-likeness (QED) is 0.699. The highest BCUT2D eigenvalue weighted by Gasteiger charge is 2.28. The molecule has 3 aromatic rings. The van der Waals surface area contributed by atoms with Crippen molar-refractivity contribution in [2.24, 2.45) is 0 Å². The van der Waals surface area contributed by atoms with Crippen molar-refractivity contribution in [3.63, 3.8) is 0 Å². The van der Waals surface area contributed by atoms with Crippen molar-refractivity contribution in [2.45, 2.75) is 32.6 Å². The third-order valence-electron chi connectivity index (χ3n) is 5.02. The second-order valence-electron chi connectivity index (χ2n) is 6.81. The molecule has 0 spiro atoms. The molecule has 0 bridgehead atoms. The lowest BCUT2D eigenvalue weighted by Gasteiger charge is -2.30. The molecule has 0 N–H and O–H groups in total. The Morgan fingerprint density at radius 2 is 2.07 bits per heavy atom. The number of nitrogens with zero attached hydrogens (tertiary/aromatic N) is 3. The summed E-state index contributed by atoms with van der Waals surface area (Å²) in [6, 6.07) is 11.8. The molecule has 4 rings (SSSR count). The number of amides is 1. The SMILES string of the molecule is CCCc1cnc2c(C(=O)N3CCCc4ccccc43)c(OC)ccc2n1. The van der Waals surface area contributed by atoms with Crippen LogP contribution in [0.3, 0.4) is 0 Å². The number of aromatic nitrogens is 2. The summed E-state index contributed by atoms with van der Waals surface area (Å²) in [5.41, 5.74) is 4.94. The fourth-order valence-electron chi connectivity index (χ4n) is 3.74. The van der Waals surface area contributed by atoms with Crippen LogP contribution in [0.4, 0.5) is 5.69 Å². The summed E-state index contributed by atoms with van der Waals surface area (Å²) >= 11 is 0. The zero-order valence-corrected chi connectivity index (χ0v) is 15.7. The van der Waals surface area contributed by atoms with E-state index in [2.05, 4.69) is 23.0 Å². The zero-order valence-electron chi connectivity index (χ0n) is 15.7. The van der Waals surface area contributed by atoms with E-state index in [1.165, 1.54) is 5.56 Å². The maximum atomic E-state index is 13.5. The van der Waals surface area contributed by atoms with Crippen molar-refractivity contribution >= 4 is 22.6 Å². The number of benzene rings is 2. The predicted octanol–water partition coefficient (Wildman–Crippen LogP) is 4.18. The van der Waals surface area contributed by atoms with Crippen LogP contribution < -0.4 is 9.64 Å². The van der Waals surface area contributed by atoms with Gasteiger partial charge in [-0.05, 0) is 43.0 Å². The number of ether oxygens (including phenoxy) is 1. The standard InChI is InChI=1S/C22H23N3O2/c1-3-7-16-14-23-21-17(24-16)11-12-19(27-2)20(21)22(26)25-13-6-9-15-8-4-5-10-18(15)25/h4-5,8,10-12,14H,3,6-7,9,13H2,1-2H3. The third kappa shape index (κ3) is 3.14. The highest BCUT2D eigenvalue weighted by atomic mass is 16.5. The van der Waals surface area contributed by atoms with Crippen LogP contribution in [0, 0.1) is 0 Å². The van der Waals surface area contributed by atoms with Gasteiger partial charge in [-0.3, -0.25) is 9.78 Å². The third-order valence-corrected chi connectivity index (χ3v) is 5.02. The number of fused-ring (bicyclic) bond motifs is 2. The van der Waals surface area contributed by atoms with Crippen LogP contribution in [-0.2, 0) is 12.8 Å². The van der Waals surface area contributed by atoms with E-state index in [0.29, 0.717) is 23.4 Å². The Bertz CT molecular complexity index is 1000. The molecular weight excluding hydrogens is 338 g/mol. The van der Waals surface area contributed by atoms with Crippen LogP contribution in [0.1, 0.15) is 41.4 Å². The van der Waals surface area contributed by atoms with Crippen molar-refractivity contribution < 1.29 is 9.53 Å². The summed E-state index contributed by atoms with van der Waals surface area (Å²) in [4.78, 5) is 24.7. The van der Waals surface area contributed by atoms with Gasteiger partial charge >= 0.3 is 0 Å².